The van der Waals surface area contributed by atoms with Crippen LogP contribution >= 0.6 is 0 Å². The highest BCUT2D eigenvalue weighted by Crippen LogP contribution is 2.33. The van der Waals surface area contributed by atoms with Gasteiger partial charge >= 0.3 is 0 Å². The van der Waals surface area contributed by atoms with Crippen molar-refractivity contribution in [2.75, 3.05) is 13.1 Å². The second-order valence-corrected chi connectivity index (χ2v) is 11.0. The monoisotopic (exact) mass is 453 g/mol. The third kappa shape index (κ3) is 4.89. The first-order valence-electron chi connectivity index (χ1n) is 11.1. The van der Waals surface area contributed by atoms with Crippen LogP contribution in [0.1, 0.15) is 32.4 Å². The van der Waals surface area contributed by atoms with E-state index in [1.54, 1.807) is 17.0 Å². The molecule has 0 radical (unpaired) electrons. The molecule has 0 spiro atoms. The Labute approximate surface area is 190 Å². The Morgan fingerprint density at radius 3 is 2.41 bits per heavy atom. The van der Waals surface area contributed by atoms with E-state index in [9.17, 15) is 13.2 Å². The van der Waals surface area contributed by atoms with Crippen molar-refractivity contribution in [1.29, 1.82) is 0 Å². The topological polar surface area (TPSA) is 62.6 Å². The van der Waals surface area contributed by atoms with Crippen LogP contribution in [0.25, 0.3) is 10.8 Å². The summed E-state index contributed by atoms with van der Waals surface area (Å²) in [6.45, 7) is 5.05. The van der Waals surface area contributed by atoms with Crippen molar-refractivity contribution >= 4 is 26.7 Å². The number of fused-ring (bicyclic) bond motifs is 1. The largest absolute Gasteiger partial charge is 0.353 e. The predicted octanol–water partition coefficient (Wildman–Crippen LogP) is 4.02. The zero-order valence-corrected chi connectivity index (χ0v) is 19.8. The van der Waals surface area contributed by atoms with Gasteiger partial charge in [0.1, 0.15) is 0 Å². The summed E-state index contributed by atoms with van der Waals surface area (Å²) in [6, 6.07) is 16.7. The van der Waals surface area contributed by atoms with E-state index in [0.717, 1.165) is 29.3 Å². The van der Waals surface area contributed by atoms with Crippen molar-refractivity contribution in [2.45, 2.75) is 44.2 Å². The number of benzene rings is 2. The van der Waals surface area contributed by atoms with Gasteiger partial charge in [-0.3, -0.25) is 4.79 Å². The minimum Gasteiger partial charge on any atom is -0.353 e. The Hall–Kier alpha value is -2.64. The number of hydrogen-bond donors (Lipinski definition) is 0. The van der Waals surface area contributed by atoms with Crippen molar-refractivity contribution in [1.82, 2.24) is 13.8 Å². The molecule has 1 aliphatic carbocycles. The van der Waals surface area contributed by atoms with Gasteiger partial charge in [0.25, 0.3) is 0 Å². The molecule has 0 N–H and O–H groups in total. The number of carbonyl (C=O) groups is 1. The number of rotatable bonds is 9. The van der Waals surface area contributed by atoms with Crippen LogP contribution in [0.15, 0.2) is 65.7 Å². The van der Waals surface area contributed by atoms with E-state index in [-0.39, 0.29) is 29.3 Å². The number of aromatic nitrogens is 1. The highest BCUT2D eigenvalue weighted by molar-refractivity contribution is 7.89. The summed E-state index contributed by atoms with van der Waals surface area (Å²) in [6.07, 6.45) is 3.54. The van der Waals surface area contributed by atoms with Crippen molar-refractivity contribution in [2.24, 2.45) is 13.0 Å². The quantitative estimate of drug-likeness (QED) is 0.492. The summed E-state index contributed by atoms with van der Waals surface area (Å²) < 4.78 is 30.5. The van der Waals surface area contributed by atoms with Crippen LogP contribution in [-0.4, -0.2) is 47.2 Å². The summed E-state index contributed by atoms with van der Waals surface area (Å²) in [5.41, 5.74) is 1.02. The second-order valence-electron chi connectivity index (χ2n) is 9.07. The minimum absolute atomic E-state index is 0.105. The molecule has 1 aliphatic rings. The van der Waals surface area contributed by atoms with E-state index >= 15 is 0 Å². The molecule has 7 heteroatoms. The van der Waals surface area contributed by atoms with Crippen LogP contribution < -0.4 is 0 Å². The molecular formula is C25H31N3O3S. The summed E-state index contributed by atoms with van der Waals surface area (Å²) >= 11 is 0. The van der Waals surface area contributed by atoms with Gasteiger partial charge in [-0.25, -0.2) is 8.42 Å². The lowest BCUT2D eigenvalue weighted by Gasteiger charge is -2.28. The third-order valence-corrected chi connectivity index (χ3v) is 7.81. The molecule has 32 heavy (non-hydrogen) atoms. The molecule has 1 aromatic heterocycles. The van der Waals surface area contributed by atoms with Crippen LogP contribution in [0.4, 0.5) is 0 Å². The van der Waals surface area contributed by atoms with Crippen LogP contribution in [0.2, 0.25) is 0 Å². The van der Waals surface area contributed by atoms with E-state index < -0.39 is 10.0 Å². The molecule has 1 amide bonds. The van der Waals surface area contributed by atoms with Crippen LogP contribution in [0.3, 0.4) is 0 Å². The molecule has 1 heterocycles. The Bertz CT molecular complexity index is 1210. The normalized spacial score (nSPS) is 14.4. The van der Waals surface area contributed by atoms with Gasteiger partial charge in [-0.1, -0.05) is 44.2 Å². The Balaban J connectivity index is 1.59. The number of sulfonamides is 1. The van der Waals surface area contributed by atoms with Gasteiger partial charge in [0.05, 0.1) is 18.0 Å². The lowest BCUT2D eigenvalue weighted by molar-refractivity contribution is -0.132. The molecule has 170 valence electrons. The molecule has 0 aliphatic heterocycles. The first-order valence-corrected chi connectivity index (χ1v) is 12.6. The van der Waals surface area contributed by atoms with Gasteiger partial charge < -0.3 is 9.47 Å². The molecule has 0 bridgehead atoms. The third-order valence-electron chi connectivity index (χ3n) is 5.92. The summed E-state index contributed by atoms with van der Waals surface area (Å²) in [5, 5.41) is 1.87. The van der Waals surface area contributed by atoms with Crippen molar-refractivity contribution in [3.8, 4) is 0 Å². The molecule has 0 saturated heterocycles. The Morgan fingerprint density at radius 2 is 1.78 bits per heavy atom. The average molecular weight is 454 g/mol. The fourth-order valence-electron chi connectivity index (χ4n) is 4.02. The molecule has 2 aromatic carbocycles. The van der Waals surface area contributed by atoms with E-state index in [1.807, 2.05) is 60.3 Å². The average Bonchev–Trinajstić information content (AvgIpc) is 3.52. The van der Waals surface area contributed by atoms with Crippen molar-refractivity contribution in [3.63, 3.8) is 0 Å². The van der Waals surface area contributed by atoms with Gasteiger partial charge in [-0.05, 0) is 53.8 Å². The van der Waals surface area contributed by atoms with Crippen molar-refractivity contribution in [3.05, 3.63) is 66.5 Å². The molecule has 0 unspecified atom stereocenters. The zero-order valence-electron chi connectivity index (χ0n) is 18.9. The maximum atomic E-state index is 13.6. The number of aryl methyl sites for hydroxylation is 1. The Morgan fingerprint density at radius 1 is 1.06 bits per heavy atom. The highest BCUT2D eigenvalue weighted by atomic mass is 32.2. The first-order chi connectivity index (χ1) is 15.3. The fraction of sp³-hybridized carbons (Fsp3) is 0.400. The lowest BCUT2D eigenvalue weighted by atomic mass is 10.1. The number of nitrogens with zero attached hydrogens (tertiary/aromatic N) is 3. The van der Waals surface area contributed by atoms with Crippen LogP contribution in [0.5, 0.6) is 0 Å². The zero-order chi connectivity index (χ0) is 22.9. The standard InChI is InChI=1S/C25H31N3O3S/c1-19(2)16-27(17-23-9-6-14-26(23)3)25(29)18-28(22-11-12-22)32(30,31)24-13-10-20-7-4-5-8-21(20)15-24/h4-10,13-15,19,22H,11-12,16-18H2,1-3H3. The maximum Gasteiger partial charge on any atom is 0.243 e. The van der Waals surface area contributed by atoms with Gasteiger partial charge in [-0.15, -0.1) is 0 Å². The smallest absolute Gasteiger partial charge is 0.243 e. The number of carbonyl (C=O) groups excluding carboxylic acids is 1. The molecule has 3 aromatic rings. The van der Waals surface area contributed by atoms with E-state index in [1.165, 1.54) is 4.31 Å². The minimum atomic E-state index is -3.78. The summed E-state index contributed by atoms with van der Waals surface area (Å²) in [4.78, 5) is 15.4. The first kappa shape index (κ1) is 22.6. The van der Waals surface area contributed by atoms with Gasteiger partial charge in [0.2, 0.25) is 15.9 Å². The second kappa shape index (κ2) is 9.08. The highest BCUT2D eigenvalue weighted by Gasteiger charge is 2.40. The molecule has 1 fully saturated rings. The maximum absolute atomic E-state index is 13.6. The SMILES string of the molecule is CC(C)CN(Cc1cccn1C)C(=O)CN(C1CC1)S(=O)(=O)c1ccc2ccccc2c1. The van der Waals surface area contributed by atoms with Crippen molar-refractivity contribution < 1.29 is 13.2 Å². The van der Waals surface area contributed by atoms with Gasteiger partial charge in [0.15, 0.2) is 0 Å². The summed E-state index contributed by atoms with van der Waals surface area (Å²) in [5.74, 6) is 0.127. The van der Waals surface area contributed by atoms with E-state index in [4.69, 9.17) is 0 Å². The molecule has 1 saturated carbocycles. The van der Waals surface area contributed by atoms with E-state index in [2.05, 4.69) is 13.8 Å². The molecule has 6 nitrogen and oxygen atoms in total. The van der Waals surface area contributed by atoms with E-state index in [0.29, 0.717) is 13.1 Å². The number of hydrogen-bond acceptors (Lipinski definition) is 3. The molecule has 4 rings (SSSR count). The fourth-order valence-corrected chi connectivity index (χ4v) is 5.69. The molecule has 0 atom stereocenters. The van der Waals surface area contributed by atoms with Gasteiger partial charge in [0, 0.05) is 31.5 Å². The lowest BCUT2D eigenvalue weighted by Crippen LogP contribution is -2.44. The van der Waals surface area contributed by atoms with Crippen LogP contribution in [-0.2, 0) is 28.4 Å². The Kier molecular flexibility index (Phi) is 6.40. The molecular weight excluding hydrogens is 422 g/mol. The summed E-state index contributed by atoms with van der Waals surface area (Å²) in [7, 11) is -1.82. The number of amides is 1. The van der Waals surface area contributed by atoms with Gasteiger partial charge in [-0.2, -0.15) is 4.31 Å². The predicted molar refractivity (Wildman–Crippen MR) is 127 cm³/mol. The van der Waals surface area contributed by atoms with Crippen LogP contribution in [0, 0.1) is 5.92 Å².